The number of hydrogen-bond acceptors (Lipinski definition) is 4. The quantitative estimate of drug-likeness (QED) is 0.432. The molecule has 2 aromatic carbocycles. The van der Waals surface area contributed by atoms with Crippen LogP contribution in [0.15, 0.2) is 42.5 Å². The summed E-state index contributed by atoms with van der Waals surface area (Å²) in [5.41, 5.74) is 2.03. The Balaban J connectivity index is 1.88. The monoisotopic (exact) mass is 465 g/mol. The summed E-state index contributed by atoms with van der Waals surface area (Å²) >= 11 is 0. The third-order valence-corrected chi connectivity index (χ3v) is 4.85. The lowest BCUT2D eigenvalue weighted by molar-refractivity contribution is -0.138. The van der Waals surface area contributed by atoms with E-state index in [1.807, 2.05) is 32.0 Å². The van der Waals surface area contributed by atoms with Crippen LogP contribution in [-0.4, -0.2) is 42.0 Å². The van der Waals surface area contributed by atoms with Gasteiger partial charge < -0.3 is 21.1 Å². The molecule has 4 N–H and O–H groups in total. The SMILES string of the molecule is Cc1ccc(CNC[C@@H](CC(=O)O)NC(=O)CNC(=O)c2cccc(C(F)(F)F)c2)c(C)c1. The maximum Gasteiger partial charge on any atom is 0.416 e. The lowest BCUT2D eigenvalue weighted by Gasteiger charge is -2.18. The van der Waals surface area contributed by atoms with Crippen molar-refractivity contribution in [3.05, 3.63) is 70.3 Å². The van der Waals surface area contributed by atoms with Crippen LogP contribution in [0.4, 0.5) is 13.2 Å². The Morgan fingerprint density at radius 1 is 1.06 bits per heavy atom. The molecular weight excluding hydrogens is 439 g/mol. The number of benzene rings is 2. The number of halogens is 3. The van der Waals surface area contributed by atoms with Gasteiger partial charge in [-0.1, -0.05) is 29.8 Å². The van der Waals surface area contributed by atoms with Crippen LogP contribution in [0.1, 0.15) is 39.0 Å². The van der Waals surface area contributed by atoms with Crippen LogP contribution in [0, 0.1) is 13.8 Å². The number of carbonyl (C=O) groups excluding carboxylic acids is 2. The molecule has 2 aromatic rings. The molecule has 2 amide bonds. The first kappa shape index (κ1) is 25.9. The Morgan fingerprint density at radius 2 is 1.79 bits per heavy atom. The second kappa shape index (κ2) is 11.5. The van der Waals surface area contributed by atoms with Gasteiger partial charge in [0.05, 0.1) is 24.6 Å². The summed E-state index contributed by atoms with van der Waals surface area (Å²) in [6.07, 6.45) is -4.94. The Kier molecular flexibility index (Phi) is 8.98. The standard InChI is InChI=1S/C23H26F3N3O4/c1-14-6-7-17(15(2)8-14)11-27-12-19(10-21(31)32)29-20(30)13-28-22(33)16-4-3-5-18(9-16)23(24,25)26/h3-9,19,27H,10-13H2,1-2H3,(H,28,33)(H,29,30)(H,31,32)/t19-/m1/s1. The molecule has 0 bridgehead atoms. The summed E-state index contributed by atoms with van der Waals surface area (Å²) < 4.78 is 38.4. The van der Waals surface area contributed by atoms with Crippen molar-refractivity contribution in [2.75, 3.05) is 13.1 Å². The molecule has 0 saturated carbocycles. The summed E-state index contributed by atoms with van der Waals surface area (Å²) in [7, 11) is 0. The fraction of sp³-hybridized carbons (Fsp3) is 0.348. The molecular formula is C23H26F3N3O4. The van der Waals surface area contributed by atoms with Crippen molar-refractivity contribution in [3.63, 3.8) is 0 Å². The summed E-state index contributed by atoms with van der Waals surface area (Å²) in [5.74, 6) is -2.62. The molecule has 0 fully saturated rings. The van der Waals surface area contributed by atoms with E-state index in [2.05, 4.69) is 16.0 Å². The van der Waals surface area contributed by atoms with Gasteiger partial charge in [0.15, 0.2) is 0 Å². The molecule has 7 nitrogen and oxygen atoms in total. The molecule has 0 spiro atoms. The highest BCUT2D eigenvalue weighted by molar-refractivity contribution is 5.96. The zero-order chi connectivity index (χ0) is 24.6. The number of carboxylic acids is 1. The first-order valence-corrected chi connectivity index (χ1v) is 10.2. The van der Waals surface area contributed by atoms with Crippen molar-refractivity contribution >= 4 is 17.8 Å². The summed E-state index contributed by atoms with van der Waals surface area (Å²) in [6, 6.07) is 9.04. The molecule has 0 aliphatic rings. The molecule has 1 atom stereocenters. The van der Waals surface area contributed by atoms with Gasteiger partial charge in [0.25, 0.3) is 5.91 Å². The van der Waals surface area contributed by atoms with Crippen LogP contribution in [0.5, 0.6) is 0 Å². The van der Waals surface area contributed by atoms with Gasteiger partial charge >= 0.3 is 12.1 Å². The van der Waals surface area contributed by atoms with Crippen LogP contribution in [0.25, 0.3) is 0 Å². The van der Waals surface area contributed by atoms with E-state index in [4.69, 9.17) is 5.11 Å². The first-order chi connectivity index (χ1) is 15.5. The Bertz CT molecular complexity index is 1010. The largest absolute Gasteiger partial charge is 0.481 e. The highest BCUT2D eigenvalue weighted by atomic mass is 19.4. The van der Waals surface area contributed by atoms with Gasteiger partial charge in [0.2, 0.25) is 5.91 Å². The van der Waals surface area contributed by atoms with E-state index in [1.165, 1.54) is 6.07 Å². The fourth-order valence-corrected chi connectivity index (χ4v) is 3.19. The second-order valence-electron chi connectivity index (χ2n) is 7.68. The van der Waals surface area contributed by atoms with Gasteiger partial charge in [-0.05, 0) is 43.2 Å². The van der Waals surface area contributed by atoms with Gasteiger partial charge in [-0.3, -0.25) is 14.4 Å². The van der Waals surface area contributed by atoms with Crippen molar-refractivity contribution in [2.24, 2.45) is 0 Å². The molecule has 0 saturated heterocycles. The molecule has 0 aliphatic carbocycles. The molecule has 10 heteroatoms. The Hall–Kier alpha value is -3.40. The number of rotatable bonds is 10. The van der Waals surface area contributed by atoms with Crippen molar-refractivity contribution in [1.82, 2.24) is 16.0 Å². The van der Waals surface area contributed by atoms with E-state index >= 15 is 0 Å². The van der Waals surface area contributed by atoms with Gasteiger partial charge in [-0.2, -0.15) is 13.2 Å². The van der Waals surface area contributed by atoms with Gasteiger partial charge in [0, 0.05) is 18.7 Å². The molecule has 2 rings (SSSR count). The molecule has 33 heavy (non-hydrogen) atoms. The van der Waals surface area contributed by atoms with Crippen molar-refractivity contribution in [3.8, 4) is 0 Å². The minimum Gasteiger partial charge on any atom is -0.481 e. The predicted octanol–water partition coefficient (Wildman–Crippen LogP) is 2.80. The zero-order valence-corrected chi connectivity index (χ0v) is 18.3. The van der Waals surface area contributed by atoms with E-state index < -0.39 is 42.1 Å². The van der Waals surface area contributed by atoms with Crippen molar-refractivity contribution in [2.45, 2.75) is 39.0 Å². The third-order valence-electron chi connectivity index (χ3n) is 4.85. The van der Waals surface area contributed by atoms with Crippen LogP contribution in [-0.2, 0) is 22.3 Å². The zero-order valence-electron chi connectivity index (χ0n) is 18.3. The number of alkyl halides is 3. The summed E-state index contributed by atoms with van der Waals surface area (Å²) in [4.78, 5) is 35.4. The number of nitrogens with one attached hydrogen (secondary N) is 3. The van der Waals surface area contributed by atoms with Crippen LogP contribution in [0.2, 0.25) is 0 Å². The van der Waals surface area contributed by atoms with Crippen molar-refractivity contribution < 1.29 is 32.7 Å². The smallest absolute Gasteiger partial charge is 0.416 e. The van der Waals surface area contributed by atoms with E-state index in [9.17, 15) is 27.6 Å². The lowest BCUT2D eigenvalue weighted by Crippen LogP contribution is -2.47. The number of aryl methyl sites for hydroxylation is 2. The summed E-state index contributed by atoms with van der Waals surface area (Å²) in [6.45, 7) is 4.08. The maximum absolute atomic E-state index is 12.8. The topological polar surface area (TPSA) is 108 Å². The molecule has 0 unspecified atom stereocenters. The minimum absolute atomic E-state index is 0.174. The molecule has 0 aromatic heterocycles. The van der Waals surface area contributed by atoms with E-state index in [0.29, 0.717) is 12.6 Å². The predicted molar refractivity (Wildman–Crippen MR) is 116 cm³/mol. The van der Waals surface area contributed by atoms with E-state index in [0.717, 1.165) is 28.8 Å². The number of carboxylic acid groups (broad SMARTS) is 1. The highest BCUT2D eigenvalue weighted by Crippen LogP contribution is 2.29. The third kappa shape index (κ3) is 8.57. The van der Waals surface area contributed by atoms with Crippen molar-refractivity contribution in [1.29, 1.82) is 0 Å². The second-order valence-corrected chi connectivity index (χ2v) is 7.68. The summed E-state index contributed by atoms with van der Waals surface area (Å²) in [5, 5.41) is 17.0. The maximum atomic E-state index is 12.8. The molecule has 0 heterocycles. The first-order valence-electron chi connectivity index (χ1n) is 10.2. The van der Waals surface area contributed by atoms with Crippen LogP contribution >= 0.6 is 0 Å². The fourth-order valence-electron chi connectivity index (χ4n) is 3.19. The minimum atomic E-state index is -4.60. The van der Waals surface area contributed by atoms with E-state index in [-0.39, 0.29) is 18.5 Å². The number of aliphatic carboxylic acids is 1. The van der Waals surface area contributed by atoms with Gasteiger partial charge in [-0.25, -0.2) is 0 Å². The molecule has 0 aliphatic heterocycles. The average Bonchev–Trinajstić information content (AvgIpc) is 2.72. The normalized spacial score (nSPS) is 12.2. The molecule has 178 valence electrons. The van der Waals surface area contributed by atoms with Crippen LogP contribution in [0.3, 0.4) is 0 Å². The molecule has 0 radical (unpaired) electrons. The van der Waals surface area contributed by atoms with Gasteiger partial charge in [0.1, 0.15) is 0 Å². The van der Waals surface area contributed by atoms with E-state index in [1.54, 1.807) is 0 Å². The number of amides is 2. The average molecular weight is 465 g/mol. The Labute approximate surface area is 189 Å². The van der Waals surface area contributed by atoms with Gasteiger partial charge in [-0.15, -0.1) is 0 Å². The van der Waals surface area contributed by atoms with Crippen LogP contribution < -0.4 is 16.0 Å². The highest BCUT2D eigenvalue weighted by Gasteiger charge is 2.31. The number of hydrogen-bond donors (Lipinski definition) is 4. The number of carbonyl (C=O) groups is 3. The lowest BCUT2D eigenvalue weighted by atomic mass is 10.1. The Morgan fingerprint density at radius 3 is 2.42 bits per heavy atom.